The molecule has 0 aliphatic carbocycles. The molecule has 3 amide bonds. The Hall–Kier alpha value is -5.08. The van der Waals surface area contributed by atoms with Crippen molar-refractivity contribution < 1.29 is 14.4 Å². The van der Waals surface area contributed by atoms with E-state index < -0.39 is 0 Å². The number of hydrogen-bond donors (Lipinski definition) is 3. The van der Waals surface area contributed by atoms with E-state index in [1.807, 2.05) is 36.4 Å². The first kappa shape index (κ1) is 38.2. The molecule has 1 fully saturated rings. The fourth-order valence-corrected chi connectivity index (χ4v) is 6.11. The molecule has 0 saturated carbocycles. The van der Waals surface area contributed by atoms with Gasteiger partial charge in [0.1, 0.15) is 0 Å². The second-order valence-electron chi connectivity index (χ2n) is 12.9. The largest absolute Gasteiger partial charge is 0.358 e. The van der Waals surface area contributed by atoms with E-state index in [0.717, 1.165) is 52.6 Å². The Morgan fingerprint density at radius 3 is 1.29 bits per heavy atom. The smallest absolute Gasteiger partial charge is 0.233 e. The SMILES string of the molecule is CNC(=O)CN1CCN(CC(=O)NC)CCN(Cc2ccc(-c3cc(-c4ccccn4)nc(-c4ccccn4)c3)cc2)CCN(CC(=O)NC)CC1. The summed E-state index contributed by atoms with van der Waals surface area (Å²) in [6.07, 6.45) is 3.54. The van der Waals surface area contributed by atoms with E-state index in [0.29, 0.717) is 45.8 Å². The summed E-state index contributed by atoms with van der Waals surface area (Å²) in [6, 6.07) is 24.4. The van der Waals surface area contributed by atoms with Crippen molar-refractivity contribution in [3.05, 3.63) is 90.8 Å². The third kappa shape index (κ3) is 11.5. The van der Waals surface area contributed by atoms with Crippen LogP contribution in [0.15, 0.2) is 85.2 Å². The maximum absolute atomic E-state index is 12.5. The van der Waals surface area contributed by atoms with E-state index in [4.69, 9.17) is 4.98 Å². The number of nitrogens with zero attached hydrogens (tertiary/aromatic N) is 7. The molecular weight excluding hydrogens is 656 g/mol. The van der Waals surface area contributed by atoms with Crippen LogP contribution in [0.25, 0.3) is 33.9 Å². The Morgan fingerprint density at radius 1 is 0.519 bits per heavy atom. The topological polar surface area (TPSA) is 139 Å². The third-order valence-corrected chi connectivity index (χ3v) is 9.24. The number of pyridine rings is 3. The maximum atomic E-state index is 12.5. The molecule has 0 atom stereocenters. The van der Waals surface area contributed by atoms with Crippen LogP contribution in [0.5, 0.6) is 0 Å². The molecular formula is C39H50N10O3. The molecule has 5 rings (SSSR count). The summed E-state index contributed by atoms with van der Waals surface area (Å²) in [5.74, 6) is -0.152. The van der Waals surface area contributed by atoms with Gasteiger partial charge >= 0.3 is 0 Å². The van der Waals surface area contributed by atoms with Gasteiger partial charge in [0.15, 0.2) is 0 Å². The van der Waals surface area contributed by atoms with Crippen molar-refractivity contribution >= 4 is 17.7 Å². The number of carbonyl (C=O) groups is 3. The van der Waals surface area contributed by atoms with Crippen molar-refractivity contribution in [1.29, 1.82) is 0 Å². The predicted molar refractivity (Wildman–Crippen MR) is 203 cm³/mol. The quantitative estimate of drug-likeness (QED) is 0.212. The number of nitrogens with one attached hydrogen (secondary N) is 3. The highest BCUT2D eigenvalue weighted by molar-refractivity contribution is 5.78. The summed E-state index contributed by atoms with van der Waals surface area (Å²) in [6.45, 7) is 6.86. The van der Waals surface area contributed by atoms with Crippen molar-refractivity contribution in [2.45, 2.75) is 6.54 Å². The van der Waals surface area contributed by atoms with Crippen LogP contribution in [0.3, 0.4) is 0 Å². The Bertz CT molecular complexity index is 1650. The predicted octanol–water partition coefficient (Wildman–Crippen LogP) is 1.83. The zero-order valence-electron chi connectivity index (χ0n) is 30.4. The normalized spacial score (nSPS) is 15.6. The summed E-state index contributed by atoms with van der Waals surface area (Å²) in [5.41, 5.74) is 6.39. The van der Waals surface area contributed by atoms with Gasteiger partial charge in [0.25, 0.3) is 0 Å². The first-order valence-electron chi connectivity index (χ1n) is 17.8. The Labute approximate surface area is 306 Å². The fourth-order valence-electron chi connectivity index (χ4n) is 6.11. The first-order valence-corrected chi connectivity index (χ1v) is 17.8. The lowest BCUT2D eigenvalue weighted by molar-refractivity contribution is -0.123. The monoisotopic (exact) mass is 706 g/mol. The summed E-state index contributed by atoms with van der Waals surface area (Å²) in [5, 5.41) is 8.21. The minimum atomic E-state index is -0.0637. The lowest BCUT2D eigenvalue weighted by Crippen LogP contribution is -2.50. The van der Waals surface area contributed by atoms with Crippen LogP contribution in [0.4, 0.5) is 0 Å². The van der Waals surface area contributed by atoms with E-state index in [2.05, 4.69) is 81.9 Å². The van der Waals surface area contributed by atoms with E-state index in [1.54, 1.807) is 33.5 Å². The number of carbonyl (C=O) groups excluding carboxylic acids is 3. The molecule has 3 N–H and O–H groups in total. The van der Waals surface area contributed by atoms with Crippen LogP contribution in [0, 0.1) is 0 Å². The Balaban J connectivity index is 1.36. The molecule has 1 aliphatic rings. The molecule has 4 aromatic rings. The minimum absolute atomic E-state index is 0.0441. The molecule has 52 heavy (non-hydrogen) atoms. The number of rotatable bonds is 11. The van der Waals surface area contributed by atoms with Gasteiger partial charge in [-0.05, 0) is 53.1 Å². The molecule has 3 aromatic heterocycles. The molecule has 1 aromatic carbocycles. The average Bonchev–Trinajstić information content (AvgIpc) is 3.19. The second-order valence-corrected chi connectivity index (χ2v) is 12.9. The van der Waals surface area contributed by atoms with Crippen molar-refractivity contribution in [3.63, 3.8) is 0 Å². The van der Waals surface area contributed by atoms with Gasteiger partial charge in [-0.1, -0.05) is 36.4 Å². The summed E-state index contributed by atoms with van der Waals surface area (Å²) in [4.78, 5) is 60.0. The second kappa shape index (κ2) is 19.5. The lowest BCUT2D eigenvalue weighted by atomic mass is 10.0. The molecule has 1 aliphatic heterocycles. The summed E-state index contributed by atoms with van der Waals surface area (Å²) in [7, 11) is 4.94. The molecule has 0 spiro atoms. The van der Waals surface area contributed by atoms with Gasteiger partial charge in [-0.3, -0.25) is 44.0 Å². The van der Waals surface area contributed by atoms with Crippen LogP contribution >= 0.6 is 0 Å². The van der Waals surface area contributed by atoms with Crippen molar-refractivity contribution in [2.24, 2.45) is 0 Å². The number of likely N-dealkylation sites (N-methyl/N-ethyl adjacent to an activating group) is 3. The Kier molecular flexibility index (Phi) is 14.3. The van der Waals surface area contributed by atoms with Gasteiger partial charge in [-0.15, -0.1) is 0 Å². The Morgan fingerprint density at radius 2 is 0.923 bits per heavy atom. The fraction of sp³-hybridized carbons (Fsp3) is 0.385. The first-order chi connectivity index (χ1) is 25.3. The third-order valence-electron chi connectivity index (χ3n) is 9.24. The zero-order chi connectivity index (χ0) is 36.7. The van der Waals surface area contributed by atoms with Crippen LogP contribution in [0.2, 0.25) is 0 Å². The number of benzene rings is 1. The highest BCUT2D eigenvalue weighted by atomic mass is 16.2. The van der Waals surface area contributed by atoms with Crippen LogP contribution in [-0.2, 0) is 20.9 Å². The van der Waals surface area contributed by atoms with E-state index in [1.165, 1.54) is 0 Å². The van der Waals surface area contributed by atoms with Crippen molar-refractivity contribution in [1.82, 2.24) is 50.5 Å². The van der Waals surface area contributed by atoms with Gasteiger partial charge in [-0.2, -0.15) is 0 Å². The van der Waals surface area contributed by atoms with Crippen LogP contribution in [-0.4, -0.2) is 145 Å². The molecule has 0 radical (unpaired) electrons. The van der Waals surface area contributed by atoms with E-state index >= 15 is 0 Å². The van der Waals surface area contributed by atoms with Crippen LogP contribution < -0.4 is 16.0 Å². The van der Waals surface area contributed by atoms with Crippen molar-refractivity contribution in [3.8, 4) is 33.9 Å². The molecule has 13 heteroatoms. The van der Waals surface area contributed by atoms with Gasteiger partial charge in [0.2, 0.25) is 17.7 Å². The van der Waals surface area contributed by atoms with Gasteiger partial charge in [0.05, 0.1) is 42.4 Å². The van der Waals surface area contributed by atoms with Gasteiger partial charge in [-0.25, -0.2) is 4.98 Å². The molecule has 274 valence electrons. The zero-order valence-corrected chi connectivity index (χ0v) is 30.4. The number of amides is 3. The van der Waals surface area contributed by atoms with Crippen molar-refractivity contribution in [2.75, 3.05) is 93.1 Å². The highest BCUT2D eigenvalue weighted by Gasteiger charge is 2.20. The van der Waals surface area contributed by atoms with Gasteiger partial charge < -0.3 is 16.0 Å². The van der Waals surface area contributed by atoms with Crippen LogP contribution in [0.1, 0.15) is 5.56 Å². The van der Waals surface area contributed by atoms with E-state index in [9.17, 15) is 14.4 Å². The molecule has 0 bridgehead atoms. The molecule has 1 saturated heterocycles. The summed E-state index contributed by atoms with van der Waals surface area (Å²) < 4.78 is 0. The average molecular weight is 707 g/mol. The summed E-state index contributed by atoms with van der Waals surface area (Å²) >= 11 is 0. The van der Waals surface area contributed by atoms with Gasteiger partial charge in [0, 0.05) is 92.4 Å². The molecule has 13 nitrogen and oxygen atoms in total. The minimum Gasteiger partial charge on any atom is -0.358 e. The lowest BCUT2D eigenvalue weighted by Gasteiger charge is -2.33. The maximum Gasteiger partial charge on any atom is 0.233 e. The number of hydrogen-bond acceptors (Lipinski definition) is 10. The number of aromatic nitrogens is 3. The molecule has 4 heterocycles. The molecule has 0 unspecified atom stereocenters. The highest BCUT2D eigenvalue weighted by Crippen LogP contribution is 2.29. The van der Waals surface area contributed by atoms with E-state index in [-0.39, 0.29) is 37.4 Å². The standard InChI is InChI=1S/C39H50N10O3/c1-40-37(50)27-47-18-16-46(17-19-48(28-38(51)41-2)21-23-49(22-20-47)29-39(52)42-3)26-30-10-12-31(13-11-30)32-24-35(33-8-4-6-14-43-33)45-36(25-32)34-9-5-7-15-44-34/h4-15,24-25H,16-23,26-29H2,1-3H3,(H,40,50)(H,41,51)(H,42,52).